The number of hydrogen-bond donors (Lipinski definition) is 3. The molecule has 0 spiro atoms. The Morgan fingerprint density at radius 1 is 1.29 bits per heavy atom. The van der Waals surface area contributed by atoms with Gasteiger partial charge in [0.1, 0.15) is 11.6 Å². The fourth-order valence-corrected chi connectivity index (χ4v) is 2.48. The summed E-state index contributed by atoms with van der Waals surface area (Å²) in [6.45, 7) is 5.39. The van der Waals surface area contributed by atoms with E-state index in [9.17, 15) is 13.6 Å². The maximum Gasteiger partial charge on any atom is 0.337 e. The minimum absolute atomic E-state index is 0.131. The van der Waals surface area contributed by atoms with E-state index in [2.05, 4.69) is 22.0 Å². The summed E-state index contributed by atoms with van der Waals surface area (Å²) in [4.78, 5) is 20.1. The van der Waals surface area contributed by atoms with E-state index in [4.69, 9.17) is 16.3 Å². The number of alkyl halides is 1. The third-order valence-corrected chi connectivity index (χ3v) is 3.81. The number of aliphatic imine (C=N–C) groups is 1. The number of aromatic nitrogens is 1. The Labute approximate surface area is 179 Å². The number of esters is 1. The van der Waals surface area contributed by atoms with Crippen LogP contribution in [0.3, 0.4) is 0 Å². The summed E-state index contributed by atoms with van der Waals surface area (Å²) in [5.74, 6) is 4.96. The number of halogens is 2. The predicted octanol–water partition coefficient (Wildman–Crippen LogP) is 3.86. The van der Waals surface area contributed by atoms with Crippen LogP contribution in [0.5, 0.6) is 0 Å². The highest BCUT2D eigenvalue weighted by Crippen LogP contribution is 2.24. The fourth-order valence-electron chi connectivity index (χ4n) is 2.48. The van der Waals surface area contributed by atoms with Crippen LogP contribution in [0.4, 0.5) is 14.6 Å². The van der Waals surface area contributed by atoms with Gasteiger partial charge in [-0.25, -0.2) is 25.0 Å². The van der Waals surface area contributed by atoms with Gasteiger partial charge in [0, 0.05) is 11.8 Å². The summed E-state index contributed by atoms with van der Waals surface area (Å²) in [6.07, 6.45) is 5.55. The van der Waals surface area contributed by atoms with Crippen molar-refractivity contribution in [3.05, 3.63) is 84.0 Å². The summed E-state index contributed by atoms with van der Waals surface area (Å²) in [5, 5.41) is 0. The normalized spacial score (nSPS) is 11.5. The van der Waals surface area contributed by atoms with E-state index in [1.807, 2.05) is 6.07 Å². The second-order valence-corrected chi connectivity index (χ2v) is 5.85. The molecule has 0 aliphatic carbocycles. The largest absolute Gasteiger partial charge is 0.465 e. The first kappa shape index (κ1) is 25.2. The van der Waals surface area contributed by atoms with Crippen molar-refractivity contribution in [1.29, 1.82) is 0 Å². The third kappa shape index (κ3) is 7.16. The summed E-state index contributed by atoms with van der Waals surface area (Å²) < 4.78 is 27.9. The van der Waals surface area contributed by atoms with Crippen molar-refractivity contribution in [3.8, 4) is 11.1 Å². The molecule has 0 aliphatic heterocycles. The molecule has 2 aromatic rings. The topological polar surface area (TPSA) is 116 Å². The zero-order chi connectivity index (χ0) is 23.4. The van der Waals surface area contributed by atoms with Gasteiger partial charge in [-0.05, 0) is 42.8 Å². The molecule has 0 saturated heterocycles. The fraction of sp³-hybridized carbons (Fsp3) is 0.136. The Hall–Kier alpha value is -3.85. The van der Waals surface area contributed by atoms with Crippen molar-refractivity contribution in [2.24, 2.45) is 10.8 Å². The highest BCUT2D eigenvalue weighted by Gasteiger charge is 2.12. The van der Waals surface area contributed by atoms with Crippen molar-refractivity contribution in [2.45, 2.75) is 6.92 Å². The lowest BCUT2D eigenvalue weighted by Gasteiger charge is -2.11. The van der Waals surface area contributed by atoms with Crippen LogP contribution in [0.25, 0.3) is 11.1 Å². The number of methoxy groups -OCH3 is 1. The van der Waals surface area contributed by atoms with E-state index in [0.29, 0.717) is 23.9 Å². The molecule has 31 heavy (non-hydrogen) atoms. The second-order valence-electron chi connectivity index (χ2n) is 5.85. The Kier molecular flexibility index (Phi) is 10.3. The lowest BCUT2D eigenvalue weighted by molar-refractivity contribution is 0.0601. The van der Waals surface area contributed by atoms with Gasteiger partial charge in [0.05, 0.1) is 31.1 Å². The molecule has 1 aromatic carbocycles. The minimum Gasteiger partial charge on any atom is -0.465 e. The number of carbonyl (C=O) groups is 1. The number of rotatable bonds is 6. The SMILES string of the molecule is C=C(/C=C(F)\C=C/C)N=C(NN)c1cc(-c2cccc(C(=O)OC)c2)cnc1N.CF. The number of amidine groups is 1. The number of anilines is 1. The first-order valence-electron chi connectivity index (χ1n) is 8.96. The van der Waals surface area contributed by atoms with Gasteiger partial charge in [0.15, 0.2) is 5.84 Å². The number of benzene rings is 1. The zero-order valence-electron chi connectivity index (χ0n) is 17.5. The highest BCUT2D eigenvalue weighted by atomic mass is 19.1. The average molecular weight is 429 g/mol. The number of nitrogens with one attached hydrogen (secondary N) is 1. The van der Waals surface area contributed by atoms with E-state index >= 15 is 0 Å². The van der Waals surface area contributed by atoms with Crippen LogP contribution in [-0.4, -0.2) is 31.1 Å². The maximum atomic E-state index is 13.6. The Morgan fingerprint density at radius 3 is 2.61 bits per heavy atom. The number of pyridine rings is 1. The Morgan fingerprint density at radius 2 is 2.00 bits per heavy atom. The van der Waals surface area contributed by atoms with Crippen molar-refractivity contribution in [2.75, 3.05) is 20.0 Å². The molecule has 1 heterocycles. The van der Waals surface area contributed by atoms with Gasteiger partial charge in [-0.3, -0.25) is 4.39 Å². The van der Waals surface area contributed by atoms with Gasteiger partial charge in [-0.15, -0.1) is 0 Å². The second kappa shape index (κ2) is 12.7. The lowest BCUT2D eigenvalue weighted by atomic mass is 10.0. The van der Waals surface area contributed by atoms with Gasteiger partial charge in [-0.2, -0.15) is 0 Å². The number of hydrazine groups is 1. The van der Waals surface area contributed by atoms with Gasteiger partial charge in [-0.1, -0.05) is 24.8 Å². The Bertz CT molecular complexity index is 1020. The van der Waals surface area contributed by atoms with Crippen LogP contribution in [0.1, 0.15) is 22.8 Å². The quantitative estimate of drug-likeness (QED) is 0.160. The molecule has 0 atom stereocenters. The van der Waals surface area contributed by atoms with Crippen LogP contribution in [0, 0.1) is 0 Å². The van der Waals surface area contributed by atoms with E-state index in [1.54, 1.807) is 43.5 Å². The molecule has 5 N–H and O–H groups in total. The molecule has 0 saturated carbocycles. The van der Waals surface area contributed by atoms with Gasteiger partial charge in [0.25, 0.3) is 0 Å². The van der Waals surface area contributed by atoms with Crippen LogP contribution < -0.4 is 17.0 Å². The molecule has 164 valence electrons. The first-order valence-corrected chi connectivity index (χ1v) is 8.96. The third-order valence-electron chi connectivity index (χ3n) is 3.81. The number of allylic oxidation sites excluding steroid dienone is 4. The van der Waals surface area contributed by atoms with Gasteiger partial charge < -0.3 is 15.9 Å². The van der Waals surface area contributed by atoms with Crippen LogP contribution in [0.2, 0.25) is 0 Å². The van der Waals surface area contributed by atoms with E-state index < -0.39 is 11.8 Å². The number of ether oxygens (including phenoxy) is 1. The number of nitrogens with two attached hydrogens (primary N) is 2. The zero-order valence-corrected chi connectivity index (χ0v) is 17.5. The van der Waals surface area contributed by atoms with Gasteiger partial charge >= 0.3 is 5.97 Å². The molecule has 0 unspecified atom stereocenters. The molecule has 1 aromatic heterocycles. The molecule has 0 aliphatic rings. The molecular formula is C22H25F2N5O2. The molecule has 0 bridgehead atoms. The summed E-state index contributed by atoms with van der Waals surface area (Å²) >= 11 is 0. The molecule has 7 nitrogen and oxygen atoms in total. The smallest absolute Gasteiger partial charge is 0.337 e. The maximum absolute atomic E-state index is 13.6. The average Bonchev–Trinajstić information content (AvgIpc) is 2.79. The summed E-state index contributed by atoms with van der Waals surface area (Å²) in [6, 6.07) is 8.56. The molecule has 2 rings (SSSR count). The Balaban J connectivity index is 0.00000233. The number of nitrogen functional groups attached to an aromatic ring is 1. The number of hydrogen-bond acceptors (Lipinski definition) is 6. The standard InChI is InChI=1S/C21H22FN5O2.CH3F/c1-4-6-17(22)9-13(2)26-20(27-24)18-11-16(12-25-19(18)23)14-7-5-8-15(10-14)21(28)29-3;1-2/h4-12H,2,24H2,1,3H3,(H2,23,25)(H,26,27);1H3/b6-4-,17-9+;. The van der Waals surface area contributed by atoms with E-state index in [-0.39, 0.29) is 17.4 Å². The van der Waals surface area contributed by atoms with Crippen molar-refractivity contribution >= 4 is 17.6 Å². The number of nitrogens with zero attached hydrogens (tertiary/aromatic N) is 2. The van der Waals surface area contributed by atoms with Crippen molar-refractivity contribution < 1.29 is 18.3 Å². The molecule has 0 amide bonds. The molecule has 0 fully saturated rings. The van der Waals surface area contributed by atoms with E-state index in [1.165, 1.54) is 13.2 Å². The highest BCUT2D eigenvalue weighted by molar-refractivity contribution is 6.03. The summed E-state index contributed by atoms with van der Waals surface area (Å²) in [7, 11) is 1.81. The molecule has 9 heteroatoms. The first-order chi connectivity index (χ1) is 14.9. The van der Waals surface area contributed by atoms with Gasteiger partial charge in [0.2, 0.25) is 0 Å². The predicted molar refractivity (Wildman–Crippen MR) is 119 cm³/mol. The van der Waals surface area contributed by atoms with Crippen molar-refractivity contribution in [3.63, 3.8) is 0 Å². The molecule has 0 radical (unpaired) electrons. The van der Waals surface area contributed by atoms with Crippen LogP contribution in [0.15, 0.2) is 77.9 Å². The van der Waals surface area contributed by atoms with Crippen LogP contribution >= 0.6 is 0 Å². The molecular weight excluding hydrogens is 404 g/mol. The van der Waals surface area contributed by atoms with E-state index in [0.717, 1.165) is 11.6 Å². The number of carbonyl (C=O) groups excluding carboxylic acids is 1. The summed E-state index contributed by atoms with van der Waals surface area (Å²) in [5.41, 5.74) is 10.7. The van der Waals surface area contributed by atoms with Crippen LogP contribution in [-0.2, 0) is 4.74 Å². The minimum atomic E-state index is -0.503. The van der Waals surface area contributed by atoms with Crippen molar-refractivity contribution in [1.82, 2.24) is 10.4 Å². The lowest BCUT2D eigenvalue weighted by Crippen LogP contribution is -2.32. The monoisotopic (exact) mass is 429 g/mol.